The van der Waals surface area contributed by atoms with Crippen LogP contribution in [0.2, 0.25) is 0 Å². The fourth-order valence-corrected chi connectivity index (χ4v) is 2.09. The molecule has 0 saturated heterocycles. The molecule has 0 fully saturated rings. The highest BCUT2D eigenvalue weighted by Crippen LogP contribution is 2.28. The fourth-order valence-electron chi connectivity index (χ4n) is 2.09. The van der Waals surface area contributed by atoms with Crippen molar-refractivity contribution in [3.63, 3.8) is 0 Å². The number of para-hydroxylation sites is 1. The summed E-state index contributed by atoms with van der Waals surface area (Å²) >= 11 is 0. The molecule has 0 heterocycles. The molecule has 1 N–H and O–H groups in total. The van der Waals surface area contributed by atoms with Crippen LogP contribution in [0, 0.1) is 0 Å². The summed E-state index contributed by atoms with van der Waals surface area (Å²) in [4.78, 5) is 0. The lowest BCUT2D eigenvalue weighted by Crippen LogP contribution is -2.28. The predicted molar refractivity (Wildman–Crippen MR) is 73.5 cm³/mol. The first-order valence-electron chi connectivity index (χ1n) is 6.58. The molecule has 0 aliphatic carbocycles. The lowest BCUT2D eigenvalue weighted by molar-refractivity contribution is 0.384. The van der Waals surface area contributed by atoms with Gasteiger partial charge in [-0.25, -0.2) is 0 Å². The smallest absolute Gasteiger partial charge is 0.123 e. The van der Waals surface area contributed by atoms with Crippen LogP contribution in [0.3, 0.4) is 0 Å². The van der Waals surface area contributed by atoms with E-state index < -0.39 is 0 Å². The summed E-state index contributed by atoms with van der Waals surface area (Å²) in [5.74, 6) is 0.988. The zero-order chi connectivity index (χ0) is 12.7. The summed E-state index contributed by atoms with van der Waals surface area (Å²) in [6.07, 6.45) is 3.63. The van der Waals surface area contributed by atoms with Crippen molar-refractivity contribution in [2.45, 2.75) is 52.1 Å². The van der Waals surface area contributed by atoms with E-state index in [1.165, 1.54) is 18.4 Å². The van der Waals surface area contributed by atoms with Crippen molar-refractivity contribution in [3.05, 3.63) is 29.8 Å². The minimum atomic E-state index is 0.395. The van der Waals surface area contributed by atoms with Gasteiger partial charge in [-0.2, -0.15) is 0 Å². The number of hydrogen-bond donors (Lipinski definition) is 1. The minimum absolute atomic E-state index is 0.395. The Kier molecular flexibility index (Phi) is 6.06. The first kappa shape index (κ1) is 14.0. The van der Waals surface area contributed by atoms with Crippen molar-refractivity contribution < 1.29 is 4.74 Å². The molecule has 1 atom stereocenters. The van der Waals surface area contributed by atoms with Gasteiger partial charge in [0, 0.05) is 17.6 Å². The summed E-state index contributed by atoms with van der Waals surface area (Å²) in [5, 5.41) is 3.63. The molecule has 2 heteroatoms. The molecule has 0 amide bonds. The first-order chi connectivity index (χ1) is 8.19. The second kappa shape index (κ2) is 7.33. The summed E-state index contributed by atoms with van der Waals surface area (Å²) < 4.78 is 5.45. The van der Waals surface area contributed by atoms with E-state index in [-0.39, 0.29) is 0 Å². The average Bonchev–Trinajstić information content (AvgIpc) is 2.34. The van der Waals surface area contributed by atoms with Gasteiger partial charge in [-0.05, 0) is 12.5 Å². The van der Waals surface area contributed by atoms with E-state index in [0.29, 0.717) is 12.1 Å². The Balaban J connectivity index is 2.86. The zero-order valence-corrected chi connectivity index (χ0v) is 11.5. The standard InChI is InChI=1S/C15H25NO/c1-5-6-10-14(16-12(2)3)13-9-7-8-11-15(13)17-4/h7-9,11-12,14,16H,5-6,10H2,1-4H3. The monoisotopic (exact) mass is 235 g/mol. The van der Waals surface area contributed by atoms with Crippen molar-refractivity contribution in [2.75, 3.05) is 7.11 Å². The molecule has 0 saturated carbocycles. The molecule has 1 rings (SSSR count). The van der Waals surface area contributed by atoms with Gasteiger partial charge in [-0.3, -0.25) is 0 Å². The number of benzene rings is 1. The second-order valence-electron chi connectivity index (χ2n) is 4.76. The van der Waals surface area contributed by atoms with Crippen LogP contribution in [0.25, 0.3) is 0 Å². The number of hydrogen-bond acceptors (Lipinski definition) is 2. The fraction of sp³-hybridized carbons (Fsp3) is 0.600. The molecule has 1 unspecified atom stereocenters. The maximum atomic E-state index is 5.45. The number of unbranched alkanes of at least 4 members (excludes halogenated alkanes) is 1. The van der Waals surface area contributed by atoms with Crippen LogP contribution >= 0.6 is 0 Å². The largest absolute Gasteiger partial charge is 0.496 e. The summed E-state index contributed by atoms with van der Waals surface area (Å²) in [5.41, 5.74) is 1.28. The molecule has 0 aromatic heterocycles. The van der Waals surface area contributed by atoms with Crippen molar-refractivity contribution >= 4 is 0 Å². The molecule has 0 radical (unpaired) electrons. The van der Waals surface area contributed by atoms with Crippen LogP contribution in [-0.2, 0) is 0 Å². The quantitative estimate of drug-likeness (QED) is 0.773. The van der Waals surface area contributed by atoms with Gasteiger partial charge in [0.05, 0.1) is 7.11 Å². The molecular formula is C15H25NO. The Morgan fingerprint density at radius 2 is 1.94 bits per heavy atom. The third-order valence-corrected chi connectivity index (χ3v) is 2.90. The first-order valence-corrected chi connectivity index (χ1v) is 6.58. The van der Waals surface area contributed by atoms with Gasteiger partial charge in [0.25, 0.3) is 0 Å². The summed E-state index contributed by atoms with van der Waals surface area (Å²) in [6.45, 7) is 6.61. The third-order valence-electron chi connectivity index (χ3n) is 2.90. The number of rotatable bonds is 7. The Morgan fingerprint density at radius 1 is 1.24 bits per heavy atom. The molecule has 2 nitrogen and oxygen atoms in total. The molecule has 0 aliphatic rings. The highest BCUT2D eigenvalue weighted by Gasteiger charge is 2.15. The van der Waals surface area contributed by atoms with Crippen molar-refractivity contribution in [3.8, 4) is 5.75 Å². The van der Waals surface area contributed by atoms with Crippen molar-refractivity contribution in [1.82, 2.24) is 5.32 Å². The molecule has 0 spiro atoms. The van der Waals surface area contributed by atoms with Gasteiger partial charge in [-0.15, -0.1) is 0 Å². The van der Waals surface area contributed by atoms with E-state index in [0.717, 1.165) is 12.2 Å². The van der Waals surface area contributed by atoms with Crippen LogP contribution in [0.15, 0.2) is 24.3 Å². The highest BCUT2D eigenvalue weighted by atomic mass is 16.5. The van der Waals surface area contributed by atoms with Gasteiger partial charge >= 0.3 is 0 Å². The van der Waals surface area contributed by atoms with E-state index in [9.17, 15) is 0 Å². The highest BCUT2D eigenvalue weighted by molar-refractivity contribution is 5.35. The topological polar surface area (TPSA) is 21.3 Å². The third kappa shape index (κ3) is 4.39. The van der Waals surface area contributed by atoms with Crippen LogP contribution in [0.4, 0.5) is 0 Å². The van der Waals surface area contributed by atoms with Gasteiger partial charge in [0.15, 0.2) is 0 Å². The second-order valence-corrected chi connectivity index (χ2v) is 4.76. The Labute approximate surface area is 105 Å². The van der Waals surface area contributed by atoms with Crippen LogP contribution < -0.4 is 10.1 Å². The SMILES string of the molecule is CCCCC(NC(C)C)c1ccccc1OC. The number of nitrogens with one attached hydrogen (secondary N) is 1. The summed E-state index contributed by atoms with van der Waals surface area (Å²) in [7, 11) is 1.74. The Morgan fingerprint density at radius 3 is 2.53 bits per heavy atom. The average molecular weight is 235 g/mol. The van der Waals surface area contributed by atoms with Gasteiger partial charge in [-0.1, -0.05) is 51.8 Å². The van der Waals surface area contributed by atoms with Gasteiger partial charge < -0.3 is 10.1 Å². The Bertz CT molecular complexity index is 322. The molecule has 1 aromatic carbocycles. The molecule has 1 aromatic rings. The van der Waals surface area contributed by atoms with E-state index >= 15 is 0 Å². The van der Waals surface area contributed by atoms with E-state index in [1.54, 1.807) is 7.11 Å². The molecular weight excluding hydrogens is 210 g/mol. The molecule has 0 aliphatic heterocycles. The van der Waals surface area contributed by atoms with Crippen LogP contribution in [0.5, 0.6) is 5.75 Å². The maximum absolute atomic E-state index is 5.45. The Hall–Kier alpha value is -1.02. The number of methoxy groups -OCH3 is 1. The number of ether oxygens (including phenoxy) is 1. The van der Waals surface area contributed by atoms with E-state index in [2.05, 4.69) is 38.2 Å². The predicted octanol–water partition coefficient (Wildman–Crippen LogP) is 3.92. The molecule has 17 heavy (non-hydrogen) atoms. The van der Waals surface area contributed by atoms with Crippen LogP contribution in [-0.4, -0.2) is 13.2 Å². The van der Waals surface area contributed by atoms with E-state index in [1.807, 2.05) is 12.1 Å². The van der Waals surface area contributed by atoms with Crippen molar-refractivity contribution in [1.29, 1.82) is 0 Å². The lowest BCUT2D eigenvalue weighted by Gasteiger charge is -2.23. The minimum Gasteiger partial charge on any atom is -0.496 e. The van der Waals surface area contributed by atoms with Crippen molar-refractivity contribution in [2.24, 2.45) is 0 Å². The molecule has 0 bridgehead atoms. The van der Waals surface area contributed by atoms with Gasteiger partial charge in [0.1, 0.15) is 5.75 Å². The van der Waals surface area contributed by atoms with E-state index in [4.69, 9.17) is 4.74 Å². The summed E-state index contributed by atoms with van der Waals surface area (Å²) in [6, 6.07) is 9.19. The molecule has 96 valence electrons. The zero-order valence-electron chi connectivity index (χ0n) is 11.5. The maximum Gasteiger partial charge on any atom is 0.123 e. The van der Waals surface area contributed by atoms with Gasteiger partial charge in [0.2, 0.25) is 0 Å². The lowest BCUT2D eigenvalue weighted by atomic mass is 9.99. The van der Waals surface area contributed by atoms with Crippen LogP contribution in [0.1, 0.15) is 51.6 Å². The normalized spacial score (nSPS) is 12.8.